The van der Waals surface area contributed by atoms with Gasteiger partial charge in [-0.3, -0.25) is 0 Å². The first-order valence-electron chi connectivity index (χ1n) is 5.08. The van der Waals surface area contributed by atoms with Gasteiger partial charge in [0, 0.05) is 5.56 Å². The van der Waals surface area contributed by atoms with E-state index in [1.165, 1.54) is 24.3 Å². The summed E-state index contributed by atoms with van der Waals surface area (Å²) in [7, 11) is 0. The maximum atomic E-state index is 13.2. The van der Waals surface area contributed by atoms with Gasteiger partial charge in [-0.2, -0.15) is 0 Å². The molecule has 0 aliphatic carbocycles. The van der Waals surface area contributed by atoms with Gasteiger partial charge in [0.1, 0.15) is 24.0 Å². The molecule has 0 aliphatic rings. The van der Waals surface area contributed by atoms with Crippen LogP contribution >= 0.6 is 27.5 Å². The van der Waals surface area contributed by atoms with Gasteiger partial charge in [0.2, 0.25) is 0 Å². The normalized spacial score (nSPS) is 10.4. The van der Waals surface area contributed by atoms with E-state index in [1.807, 2.05) is 0 Å². The summed E-state index contributed by atoms with van der Waals surface area (Å²) in [5.74, 6) is -0.384. The van der Waals surface area contributed by atoms with E-state index in [-0.39, 0.29) is 17.4 Å². The lowest BCUT2D eigenvalue weighted by Crippen LogP contribution is -1.98. The highest BCUT2D eigenvalue weighted by molar-refractivity contribution is 9.10. The topological polar surface area (TPSA) is 9.23 Å². The molecule has 0 amide bonds. The number of rotatable bonds is 3. The molecule has 0 unspecified atom stereocenters. The molecule has 0 spiro atoms. The van der Waals surface area contributed by atoms with Crippen LogP contribution in [0.1, 0.15) is 5.56 Å². The Labute approximate surface area is 116 Å². The summed E-state index contributed by atoms with van der Waals surface area (Å²) in [6, 6.07) is 8.57. The summed E-state index contributed by atoms with van der Waals surface area (Å²) in [5, 5.41) is 0.0377. The zero-order valence-electron chi connectivity index (χ0n) is 9.09. The van der Waals surface area contributed by atoms with E-state index >= 15 is 0 Å². The Morgan fingerprint density at radius 3 is 2.67 bits per heavy atom. The lowest BCUT2D eigenvalue weighted by Gasteiger charge is -2.09. The summed E-state index contributed by atoms with van der Waals surface area (Å²) >= 11 is 8.98. The van der Waals surface area contributed by atoms with Gasteiger partial charge in [0.15, 0.2) is 0 Å². The van der Waals surface area contributed by atoms with Gasteiger partial charge in [0.25, 0.3) is 0 Å². The monoisotopic (exact) mass is 332 g/mol. The van der Waals surface area contributed by atoms with Crippen LogP contribution in [0, 0.1) is 11.6 Å². The minimum absolute atomic E-state index is 0.0377. The summed E-state index contributed by atoms with van der Waals surface area (Å²) in [6.07, 6.45) is 0. The fourth-order valence-electron chi connectivity index (χ4n) is 1.41. The van der Waals surface area contributed by atoms with Crippen LogP contribution in [0.3, 0.4) is 0 Å². The molecule has 0 radical (unpaired) electrons. The summed E-state index contributed by atoms with van der Waals surface area (Å²) in [6.45, 7) is 0.112. The molecule has 0 fully saturated rings. The van der Waals surface area contributed by atoms with Crippen molar-refractivity contribution in [3.63, 3.8) is 0 Å². The van der Waals surface area contributed by atoms with Crippen LogP contribution in [0.5, 0.6) is 5.75 Å². The first kappa shape index (κ1) is 13.3. The Hall–Kier alpha value is -1.13. The van der Waals surface area contributed by atoms with Gasteiger partial charge in [0.05, 0.1) is 9.50 Å². The molecule has 0 atom stereocenters. The molecule has 0 heterocycles. The van der Waals surface area contributed by atoms with E-state index in [4.69, 9.17) is 16.3 Å². The van der Waals surface area contributed by atoms with Crippen molar-refractivity contribution in [1.29, 1.82) is 0 Å². The smallest absolute Gasteiger partial charge is 0.142 e. The molecule has 0 aliphatic heterocycles. The van der Waals surface area contributed by atoms with Crippen LogP contribution < -0.4 is 4.74 Å². The van der Waals surface area contributed by atoms with E-state index in [0.717, 1.165) is 0 Å². The van der Waals surface area contributed by atoms with Crippen LogP contribution in [0.4, 0.5) is 8.78 Å². The van der Waals surface area contributed by atoms with Crippen molar-refractivity contribution >= 4 is 27.5 Å². The molecule has 0 saturated heterocycles. The van der Waals surface area contributed by atoms with E-state index in [2.05, 4.69) is 15.9 Å². The molecule has 0 N–H and O–H groups in total. The summed E-state index contributed by atoms with van der Waals surface area (Å²) < 4.78 is 32.0. The highest BCUT2D eigenvalue weighted by Crippen LogP contribution is 2.27. The second kappa shape index (κ2) is 5.67. The number of hydrogen-bond acceptors (Lipinski definition) is 1. The van der Waals surface area contributed by atoms with Gasteiger partial charge >= 0.3 is 0 Å². The molecule has 0 aromatic heterocycles. The average molecular weight is 334 g/mol. The quantitative estimate of drug-likeness (QED) is 0.771. The van der Waals surface area contributed by atoms with Crippen LogP contribution in [0.15, 0.2) is 40.9 Å². The fraction of sp³-hybridized carbons (Fsp3) is 0.0769. The Balaban J connectivity index is 2.14. The van der Waals surface area contributed by atoms with Gasteiger partial charge < -0.3 is 4.74 Å². The maximum Gasteiger partial charge on any atom is 0.142 e. The molecule has 0 bridgehead atoms. The van der Waals surface area contributed by atoms with Crippen LogP contribution in [-0.2, 0) is 6.61 Å². The van der Waals surface area contributed by atoms with Crippen molar-refractivity contribution in [1.82, 2.24) is 0 Å². The number of hydrogen-bond donors (Lipinski definition) is 0. The second-order valence-corrected chi connectivity index (χ2v) is 4.81. The third-order valence-corrected chi connectivity index (χ3v) is 3.35. The molecule has 0 saturated carbocycles. The third kappa shape index (κ3) is 3.00. The molecule has 5 heteroatoms. The number of ether oxygens (including phenoxy) is 1. The highest BCUT2D eigenvalue weighted by atomic mass is 79.9. The van der Waals surface area contributed by atoms with Gasteiger partial charge in [-0.05, 0) is 40.2 Å². The molecule has 2 aromatic rings. The predicted octanol–water partition coefficient (Wildman–Crippen LogP) is 4.96. The standard InChI is InChI=1S/C13H8BrClF2O/c14-10-6-9(16)4-5-12(10)18-7-8-2-1-3-11(17)13(8)15/h1-6H,7H2. The van der Waals surface area contributed by atoms with Crippen molar-refractivity contribution in [3.05, 3.63) is 63.1 Å². The zero-order chi connectivity index (χ0) is 13.1. The van der Waals surface area contributed by atoms with Crippen LogP contribution in [0.2, 0.25) is 5.02 Å². The molecule has 2 rings (SSSR count). The van der Waals surface area contributed by atoms with Crippen LogP contribution in [-0.4, -0.2) is 0 Å². The summed E-state index contributed by atoms with van der Waals surface area (Å²) in [5.41, 5.74) is 0.535. The van der Waals surface area contributed by atoms with Crippen molar-refractivity contribution < 1.29 is 13.5 Å². The van der Waals surface area contributed by atoms with E-state index in [0.29, 0.717) is 15.8 Å². The lowest BCUT2D eigenvalue weighted by molar-refractivity contribution is 0.303. The maximum absolute atomic E-state index is 13.2. The Kier molecular flexibility index (Phi) is 4.19. The Morgan fingerprint density at radius 1 is 1.17 bits per heavy atom. The van der Waals surface area contributed by atoms with Crippen LogP contribution in [0.25, 0.3) is 0 Å². The molecule has 1 nitrogen and oxygen atoms in total. The molecule has 94 valence electrons. The zero-order valence-corrected chi connectivity index (χ0v) is 11.4. The highest BCUT2D eigenvalue weighted by Gasteiger charge is 2.08. The predicted molar refractivity (Wildman–Crippen MR) is 69.8 cm³/mol. The van der Waals surface area contributed by atoms with E-state index in [9.17, 15) is 8.78 Å². The molecular weight excluding hydrogens is 325 g/mol. The minimum Gasteiger partial charge on any atom is -0.488 e. The molecule has 2 aromatic carbocycles. The SMILES string of the molecule is Fc1ccc(OCc2cccc(F)c2Cl)c(Br)c1. The fourth-order valence-corrected chi connectivity index (χ4v) is 2.05. The van der Waals surface area contributed by atoms with Crippen molar-refractivity contribution in [2.45, 2.75) is 6.61 Å². The van der Waals surface area contributed by atoms with Crippen molar-refractivity contribution in [3.8, 4) is 5.75 Å². The van der Waals surface area contributed by atoms with Gasteiger partial charge in [-0.25, -0.2) is 8.78 Å². The van der Waals surface area contributed by atoms with Gasteiger partial charge in [-0.1, -0.05) is 23.7 Å². The Morgan fingerprint density at radius 2 is 1.94 bits per heavy atom. The average Bonchev–Trinajstić information content (AvgIpc) is 2.33. The lowest BCUT2D eigenvalue weighted by atomic mass is 10.2. The molecule has 18 heavy (non-hydrogen) atoms. The number of halogens is 4. The third-order valence-electron chi connectivity index (χ3n) is 2.31. The molecular formula is C13H8BrClF2O. The Bertz CT molecular complexity index is 575. The second-order valence-electron chi connectivity index (χ2n) is 3.58. The van der Waals surface area contributed by atoms with Crippen molar-refractivity contribution in [2.75, 3.05) is 0 Å². The first-order valence-corrected chi connectivity index (χ1v) is 6.26. The largest absolute Gasteiger partial charge is 0.488 e. The first-order chi connectivity index (χ1) is 8.58. The van der Waals surface area contributed by atoms with Gasteiger partial charge in [-0.15, -0.1) is 0 Å². The number of benzene rings is 2. The van der Waals surface area contributed by atoms with E-state index in [1.54, 1.807) is 12.1 Å². The minimum atomic E-state index is -0.490. The van der Waals surface area contributed by atoms with E-state index < -0.39 is 5.82 Å². The summed E-state index contributed by atoms with van der Waals surface area (Å²) in [4.78, 5) is 0. The van der Waals surface area contributed by atoms with Crippen molar-refractivity contribution in [2.24, 2.45) is 0 Å².